The van der Waals surface area contributed by atoms with E-state index in [0.717, 1.165) is 17.7 Å². The molecule has 2 heterocycles. The Hall–Kier alpha value is -2.31. The summed E-state index contributed by atoms with van der Waals surface area (Å²) in [4.78, 5) is 14.7. The molecule has 1 aromatic carbocycles. The standard InChI is InChI=1S/C22H29NO5/c1-3-10-22(15-24)14-23(11-9-19(22)25)21(26)20-16(2)12-18(28-20)13-27-17-7-5-4-6-8-17/h4-8,12,19,24-25H,3,9-11,13-15H2,1-2H3/t19-,22-/m0/s1. The number of rotatable bonds is 7. The third-order valence-corrected chi connectivity index (χ3v) is 5.52. The third-order valence-electron chi connectivity index (χ3n) is 5.52. The van der Waals surface area contributed by atoms with E-state index in [0.29, 0.717) is 37.5 Å². The maximum Gasteiger partial charge on any atom is 0.289 e. The van der Waals surface area contributed by atoms with Gasteiger partial charge in [0.1, 0.15) is 18.1 Å². The summed E-state index contributed by atoms with van der Waals surface area (Å²) >= 11 is 0. The van der Waals surface area contributed by atoms with Crippen molar-refractivity contribution in [3.8, 4) is 5.75 Å². The molecule has 1 fully saturated rings. The van der Waals surface area contributed by atoms with Gasteiger partial charge < -0.3 is 24.3 Å². The van der Waals surface area contributed by atoms with Gasteiger partial charge in [-0.3, -0.25) is 4.79 Å². The van der Waals surface area contributed by atoms with Crippen LogP contribution in [0.1, 0.15) is 48.1 Å². The molecule has 1 aliphatic rings. The lowest BCUT2D eigenvalue weighted by Crippen LogP contribution is -2.55. The van der Waals surface area contributed by atoms with E-state index in [1.54, 1.807) is 4.90 Å². The molecule has 2 aromatic rings. The number of hydrogen-bond acceptors (Lipinski definition) is 5. The van der Waals surface area contributed by atoms with E-state index in [-0.39, 0.29) is 19.1 Å². The van der Waals surface area contributed by atoms with Gasteiger partial charge in [0, 0.05) is 24.1 Å². The van der Waals surface area contributed by atoms with Gasteiger partial charge in [0.15, 0.2) is 5.76 Å². The summed E-state index contributed by atoms with van der Waals surface area (Å²) < 4.78 is 11.5. The summed E-state index contributed by atoms with van der Waals surface area (Å²) in [6.45, 7) is 4.73. The lowest BCUT2D eigenvalue weighted by molar-refractivity contribution is -0.0724. The van der Waals surface area contributed by atoms with Crippen LogP contribution in [0, 0.1) is 12.3 Å². The Morgan fingerprint density at radius 3 is 2.79 bits per heavy atom. The largest absolute Gasteiger partial charge is 0.486 e. The first-order valence-electron chi connectivity index (χ1n) is 9.84. The average molecular weight is 387 g/mol. The van der Waals surface area contributed by atoms with E-state index in [4.69, 9.17) is 9.15 Å². The van der Waals surface area contributed by atoms with Crippen LogP contribution in [0.4, 0.5) is 0 Å². The molecule has 1 aliphatic heterocycles. The number of aliphatic hydroxyl groups is 2. The van der Waals surface area contributed by atoms with Crippen molar-refractivity contribution in [3.05, 3.63) is 53.5 Å². The topological polar surface area (TPSA) is 83.1 Å². The van der Waals surface area contributed by atoms with Crippen LogP contribution in [0.5, 0.6) is 5.75 Å². The normalized spacial score (nSPS) is 22.3. The van der Waals surface area contributed by atoms with E-state index in [2.05, 4.69) is 0 Å². The molecule has 1 saturated heterocycles. The van der Waals surface area contributed by atoms with Gasteiger partial charge in [0.2, 0.25) is 0 Å². The number of aryl methyl sites for hydroxylation is 1. The number of benzene rings is 1. The van der Waals surface area contributed by atoms with Crippen molar-refractivity contribution in [2.75, 3.05) is 19.7 Å². The Labute approximate surface area is 165 Å². The molecular formula is C22H29NO5. The van der Waals surface area contributed by atoms with Crippen molar-refractivity contribution >= 4 is 5.91 Å². The van der Waals surface area contributed by atoms with Crippen molar-refractivity contribution in [2.24, 2.45) is 5.41 Å². The zero-order valence-electron chi connectivity index (χ0n) is 16.6. The van der Waals surface area contributed by atoms with Crippen molar-refractivity contribution in [3.63, 3.8) is 0 Å². The molecule has 0 saturated carbocycles. The molecule has 0 spiro atoms. The van der Waals surface area contributed by atoms with Crippen molar-refractivity contribution in [1.29, 1.82) is 0 Å². The van der Waals surface area contributed by atoms with Crippen LogP contribution in [0.2, 0.25) is 0 Å². The first-order chi connectivity index (χ1) is 13.5. The fourth-order valence-corrected chi connectivity index (χ4v) is 3.95. The number of piperidine rings is 1. The minimum absolute atomic E-state index is 0.140. The van der Waals surface area contributed by atoms with Gasteiger partial charge in [-0.25, -0.2) is 0 Å². The number of likely N-dealkylation sites (tertiary alicyclic amines) is 1. The van der Waals surface area contributed by atoms with Gasteiger partial charge in [-0.05, 0) is 38.0 Å². The highest BCUT2D eigenvalue weighted by molar-refractivity contribution is 5.93. The molecule has 6 heteroatoms. The molecule has 2 N–H and O–H groups in total. The molecule has 3 rings (SSSR count). The maximum absolute atomic E-state index is 13.1. The quantitative estimate of drug-likeness (QED) is 0.763. The van der Waals surface area contributed by atoms with Gasteiger partial charge in [-0.15, -0.1) is 0 Å². The van der Waals surface area contributed by atoms with Crippen molar-refractivity contribution in [1.82, 2.24) is 4.90 Å². The Bertz CT molecular complexity index is 787. The van der Waals surface area contributed by atoms with Gasteiger partial charge in [0.25, 0.3) is 5.91 Å². The lowest BCUT2D eigenvalue weighted by Gasteiger charge is -2.45. The number of aliphatic hydroxyl groups excluding tert-OH is 2. The molecule has 1 aromatic heterocycles. The van der Waals surface area contributed by atoms with E-state index in [1.807, 2.05) is 50.2 Å². The van der Waals surface area contributed by atoms with Crippen LogP contribution >= 0.6 is 0 Å². The van der Waals surface area contributed by atoms with Gasteiger partial charge in [0.05, 0.1) is 12.7 Å². The first-order valence-corrected chi connectivity index (χ1v) is 9.84. The number of carbonyl (C=O) groups is 1. The molecule has 0 radical (unpaired) electrons. The number of para-hydroxylation sites is 1. The fourth-order valence-electron chi connectivity index (χ4n) is 3.95. The summed E-state index contributed by atoms with van der Waals surface area (Å²) in [5.41, 5.74) is 0.0930. The summed E-state index contributed by atoms with van der Waals surface area (Å²) in [7, 11) is 0. The Balaban J connectivity index is 1.71. The Morgan fingerprint density at radius 2 is 2.11 bits per heavy atom. The number of nitrogens with zero attached hydrogens (tertiary/aromatic N) is 1. The van der Waals surface area contributed by atoms with Gasteiger partial charge in [-0.2, -0.15) is 0 Å². The molecule has 0 aliphatic carbocycles. The van der Waals surface area contributed by atoms with Crippen molar-refractivity contribution in [2.45, 2.75) is 45.8 Å². The molecule has 0 unspecified atom stereocenters. The smallest absolute Gasteiger partial charge is 0.289 e. The predicted octanol–water partition coefficient (Wildman–Crippen LogP) is 3.15. The summed E-state index contributed by atoms with van der Waals surface area (Å²) in [5, 5.41) is 20.3. The average Bonchev–Trinajstić information content (AvgIpc) is 3.09. The highest BCUT2D eigenvalue weighted by atomic mass is 16.5. The van der Waals surface area contributed by atoms with Crippen LogP contribution in [0.3, 0.4) is 0 Å². The second kappa shape index (κ2) is 8.80. The van der Waals surface area contributed by atoms with Crippen LogP contribution in [0.25, 0.3) is 0 Å². The summed E-state index contributed by atoms with van der Waals surface area (Å²) in [6.07, 6.45) is 1.35. The second-order valence-corrected chi connectivity index (χ2v) is 7.63. The lowest BCUT2D eigenvalue weighted by atomic mass is 9.74. The molecule has 28 heavy (non-hydrogen) atoms. The number of hydrogen-bond donors (Lipinski definition) is 2. The first kappa shape index (κ1) is 20.4. The molecular weight excluding hydrogens is 358 g/mol. The predicted molar refractivity (Wildman–Crippen MR) is 105 cm³/mol. The Morgan fingerprint density at radius 1 is 1.36 bits per heavy atom. The SMILES string of the molecule is CCC[C@@]1(CO)CN(C(=O)c2oc(COc3ccccc3)cc2C)CC[C@@H]1O. The molecule has 1 amide bonds. The Kier molecular flexibility index (Phi) is 6.42. The highest BCUT2D eigenvalue weighted by Gasteiger charge is 2.43. The number of amides is 1. The van der Waals surface area contributed by atoms with Crippen LogP contribution in [-0.2, 0) is 6.61 Å². The maximum atomic E-state index is 13.1. The summed E-state index contributed by atoms with van der Waals surface area (Å²) in [6, 6.07) is 11.3. The summed E-state index contributed by atoms with van der Waals surface area (Å²) in [5.74, 6) is 1.42. The van der Waals surface area contributed by atoms with Gasteiger partial charge >= 0.3 is 0 Å². The zero-order chi connectivity index (χ0) is 20.1. The van der Waals surface area contributed by atoms with Crippen LogP contribution < -0.4 is 4.74 Å². The van der Waals surface area contributed by atoms with E-state index < -0.39 is 11.5 Å². The third kappa shape index (κ3) is 4.23. The number of carbonyl (C=O) groups excluding carboxylic acids is 1. The molecule has 0 bridgehead atoms. The van der Waals surface area contributed by atoms with E-state index in [1.165, 1.54) is 0 Å². The minimum Gasteiger partial charge on any atom is -0.486 e. The van der Waals surface area contributed by atoms with Crippen molar-refractivity contribution < 1.29 is 24.2 Å². The van der Waals surface area contributed by atoms with E-state index in [9.17, 15) is 15.0 Å². The number of furan rings is 1. The monoisotopic (exact) mass is 387 g/mol. The fraction of sp³-hybridized carbons (Fsp3) is 0.500. The van der Waals surface area contributed by atoms with E-state index >= 15 is 0 Å². The van der Waals surface area contributed by atoms with Gasteiger partial charge in [-0.1, -0.05) is 31.5 Å². The minimum atomic E-state index is -0.664. The van der Waals surface area contributed by atoms with Crippen LogP contribution in [-0.4, -0.2) is 46.8 Å². The second-order valence-electron chi connectivity index (χ2n) is 7.63. The highest BCUT2D eigenvalue weighted by Crippen LogP contribution is 2.35. The van der Waals surface area contributed by atoms with Crippen LogP contribution in [0.15, 0.2) is 40.8 Å². The molecule has 6 nitrogen and oxygen atoms in total. The molecule has 152 valence electrons. The number of ether oxygens (including phenoxy) is 1. The molecule has 2 atom stereocenters. The zero-order valence-corrected chi connectivity index (χ0v) is 16.6.